The van der Waals surface area contributed by atoms with E-state index in [1.54, 1.807) is 0 Å². The van der Waals surface area contributed by atoms with Crippen molar-refractivity contribution in [1.29, 1.82) is 0 Å². The SMILES string of the molecule is CCCNC(C)/C=C/C(C)C. The van der Waals surface area contributed by atoms with E-state index in [9.17, 15) is 0 Å². The highest BCUT2D eigenvalue weighted by atomic mass is 14.9. The topological polar surface area (TPSA) is 12.0 Å². The molecule has 1 heteroatoms. The normalized spacial score (nSPS) is 14.6. The highest BCUT2D eigenvalue weighted by molar-refractivity contribution is 4.92. The zero-order valence-electron chi connectivity index (χ0n) is 8.22. The largest absolute Gasteiger partial charge is 0.311 e. The van der Waals surface area contributed by atoms with Crippen LogP contribution in [-0.4, -0.2) is 12.6 Å². The first-order valence-electron chi connectivity index (χ1n) is 4.58. The van der Waals surface area contributed by atoms with Crippen molar-refractivity contribution in [3.05, 3.63) is 12.2 Å². The van der Waals surface area contributed by atoms with Crippen molar-refractivity contribution < 1.29 is 0 Å². The predicted molar refractivity (Wildman–Crippen MR) is 51.7 cm³/mol. The first-order chi connectivity index (χ1) is 5.16. The van der Waals surface area contributed by atoms with Crippen LogP contribution in [0.25, 0.3) is 0 Å². The molecule has 0 saturated carbocycles. The average Bonchev–Trinajstić information content (AvgIpc) is 1.97. The minimum absolute atomic E-state index is 0.525. The average molecular weight is 155 g/mol. The van der Waals surface area contributed by atoms with Crippen molar-refractivity contribution in [1.82, 2.24) is 5.32 Å². The maximum Gasteiger partial charge on any atom is 0.0221 e. The zero-order valence-corrected chi connectivity index (χ0v) is 8.22. The van der Waals surface area contributed by atoms with Crippen molar-refractivity contribution in [3.63, 3.8) is 0 Å². The lowest BCUT2D eigenvalue weighted by molar-refractivity contribution is 0.620. The molecule has 0 aliphatic heterocycles. The zero-order chi connectivity index (χ0) is 8.69. The summed E-state index contributed by atoms with van der Waals surface area (Å²) in [5.74, 6) is 0.667. The molecule has 1 atom stereocenters. The van der Waals surface area contributed by atoms with Crippen LogP contribution in [0.1, 0.15) is 34.1 Å². The Balaban J connectivity index is 3.42. The van der Waals surface area contributed by atoms with Crippen LogP contribution in [0.2, 0.25) is 0 Å². The number of nitrogens with one attached hydrogen (secondary N) is 1. The van der Waals surface area contributed by atoms with Crippen molar-refractivity contribution >= 4 is 0 Å². The van der Waals surface area contributed by atoms with Crippen LogP contribution in [-0.2, 0) is 0 Å². The molecular formula is C10H21N. The third-order valence-electron chi connectivity index (χ3n) is 1.50. The fourth-order valence-electron chi connectivity index (χ4n) is 0.829. The van der Waals surface area contributed by atoms with Crippen LogP contribution in [0.4, 0.5) is 0 Å². The highest BCUT2D eigenvalue weighted by Gasteiger charge is 1.93. The Hall–Kier alpha value is -0.300. The fraction of sp³-hybridized carbons (Fsp3) is 0.800. The molecule has 0 aromatic rings. The molecule has 66 valence electrons. The van der Waals surface area contributed by atoms with Crippen molar-refractivity contribution in [2.45, 2.75) is 40.2 Å². The van der Waals surface area contributed by atoms with Gasteiger partial charge in [0.15, 0.2) is 0 Å². The first-order valence-corrected chi connectivity index (χ1v) is 4.58. The van der Waals surface area contributed by atoms with Crippen LogP contribution < -0.4 is 5.32 Å². The van der Waals surface area contributed by atoms with Crippen LogP contribution in [0.15, 0.2) is 12.2 Å². The molecule has 0 aromatic heterocycles. The van der Waals surface area contributed by atoms with Gasteiger partial charge in [-0.1, -0.05) is 32.9 Å². The van der Waals surface area contributed by atoms with Gasteiger partial charge in [0.2, 0.25) is 0 Å². The molecule has 0 radical (unpaired) electrons. The molecule has 0 aliphatic rings. The smallest absolute Gasteiger partial charge is 0.0221 e. The number of rotatable bonds is 5. The van der Waals surface area contributed by atoms with Crippen LogP contribution >= 0.6 is 0 Å². The molecule has 0 fully saturated rings. The Morgan fingerprint density at radius 1 is 1.18 bits per heavy atom. The van der Waals surface area contributed by atoms with Gasteiger partial charge in [-0.25, -0.2) is 0 Å². The number of hydrogen-bond acceptors (Lipinski definition) is 1. The maximum atomic E-state index is 3.40. The summed E-state index contributed by atoms with van der Waals surface area (Å²) in [6.45, 7) is 9.89. The standard InChI is InChI=1S/C10H21N/c1-5-8-11-10(4)7-6-9(2)3/h6-7,9-11H,5,8H2,1-4H3/b7-6+. The van der Waals surface area contributed by atoms with Crippen molar-refractivity contribution in [2.24, 2.45) is 5.92 Å². The first kappa shape index (κ1) is 10.7. The highest BCUT2D eigenvalue weighted by Crippen LogP contribution is 1.95. The molecule has 0 rings (SSSR count). The van der Waals surface area contributed by atoms with Gasteiger partial charge in [0.05, 0.1) is 0 Å². The third-order valence-corrected chi connectivity index (χ3v) is 1.50. The quantitative estimate of drug-likeness (QED) is 0.602. The summed E-state index contributed by atoms with van der Waals surface area (Å²) in [6.07, 6.45) is 5.69. The minimum atomic E-state index is 0.525. The van der Waals surface area contributed by atoms with Crippen LogP contribution in [0.3, 0.4) is 0 Å². The molecule has 0 spiro atoms. The Morgan fingerprint density at radius 3 is 2.27 bits per heavy atom. The summed E-state index contributed by atoms with van der Waals surface area (Å²) < 4.78 is 0. The molecule has 1 N–H and O–H groups in total. The fourth-order valence-corrected chi connectivity index (χ4v) is 0.829. The molecule has 0 heterocycles. The Labute approximate surface area is 70.9 Å². The van der Waals surface area contributed by atoms with Crippen LogP contribution in [0.5, 0.6) is 0 Å². The second-order valence-corrected chi connectivity index (χ2v) is 3.37. The van der Waals surface area contributed by atoms with Gasteiger partial charge in [-0.3, -0.25) is 0 Å². The van der Waals surface area contributed by atoms with Crippen LogP contribution in [0, 0.1) is 5.92 Å². The Morgan fingerprint density at radius 2 is 1.82 bits per heavy atom. The maximum absolute atomic E-state index is 3.40. The van der Waals surface area contributed by atoms with Gasteiger partial charge in [0.1, 0.15) is 0 Å². The van der Waals surface area contributed by atoms with E-state index in [4.69, 9.17) is 0 Å². The third kappa shape index (κ3) is 7.60. The van der Waals surface area contributed by atoms with Gasteiger partial charge < -0.3 is 5.32 Å². The van der Waals surface area contributed by atoms with Gasteiger partial charge in [-0.2, -0.15) is 0 Å². The molecule has 0 aromatic carbocycles. The second kappa shape index (κ2) is 6.41. The summed E-state index contributed by atoms with van der Waals surface area (Å²) in [7, 11) is 0. The molecule has 1 nitrogen and oxygen atoms in total. The second-order valence-electron chi connectivity index (χ2n) is 3.37. The number of allylic oxidation sites excluding steroid dienone is 1. The van der Waals surface area contributed by atoms with E-state index >= 15 is 0 Å². The number of hydrogen-bond donors (Lipinski definition) is 1. The molecule has 0 amide bonds. The molecule has 0 aliphatic carbocycles. The molecule has 11 heavy (non-hydrogen) atoms. The Bertz CT molecular complexity index is 105. The van der Waals surface area contributed by atoms with E-state index in [0.29, 0.717) is 12.0 Å². The molecule has 0 bridgehead atoms. The summed E-state index contributed by atoms with van der Waals surface area (Å²) in [6, 6.07) is 0.525. The van der Waals surface area contributed by atoms with Crippen molar-refractivity contribution in [2.75, 3.05) is 6.54 Å². The molecular weight excluding hydrogens is 134 g/mol. The Kier molecular flexibility index (Phi) is 6.24. The van der Waals surface area contributed by atoms with Gasteiger partial charge in [-0.15, -0.1) is 0 Å². The van der Waals surface area contributed by atoms with E-state index in [0.717, 1.165) is 6.54 Å². The van der Waals surface area contributed by atoms with E-state index in [2.05, 4.69) is 45.2 Å². The van der Waals surface area contributed by atoms with E-state index in [1.807, 2.05) is 0 Å². The summed E-state index contributed by atoms with van der Waals surface area (Å²) in [4.78, 5) is 0. The molecule has 0 saturated heterocycles. The summed E-state index contributed by atoms with van der Waals surface area (Å²) in [5.41, 5.74) is 0. The van der Waals surface area contributed by atoms with E-state index in [1.165, 1.54) is 6.42 Å². The van der Waals surface area contributed by atoms with Gasteiger partial charge in [-0.05, 0) is 25.8 Å². The van der Waals surface area contributed by atoms with E-state index in [-0.39, 0.29) is 0 Å². The van der Waals surface area contributed by atoms with Gasteiger partial charge in [0, 0.05) is 6.04 Å². The van der Waals surface area contributed by atoms with Crippen molar-refractivity contribution in [3.8, 4) is 0 Å². The molecule has 1 unspecified atom stereocenters. The van der Waals surface area contributed by atoms with Gasteiger partial charge in [0.25, 0.3) is 0 Å². The lowest BCUT2D eigenvalue weighted by Gasteiger charge is -2.07. The lowest BCUT2D eigenvalue weighted by atomic mass is 10.2. The predicted octanol–water partition coefficient (Wildman–Crippen LogP) is 2.59. The minimum Gasteiger partial charge on any atom is -0.311 e. The lowest BCUT2D eigenvalue weighted by Crippen LogP contribution is -2.24. The monoisotopic (exact) mass is 155 g/mol. The summed E-state index contributed by atoms with van der Waals surface area (Å²) >= 11 is 0. The van der Waals surface area contributed by atoms with Gasteiger partial charge >= 0.3 is 0 Å². The summed E-state index contributed by atoms with van der Waals surface area (Å²) in [5, 5.41) is 3.40. The van der Waals surface area contributed by atoms with E-state index < -0.39 is 0 Å².